The van der Waals surface area contributed by atoms with E-state index >= 15 is 0 Å². The molecule has 1 N–H and O–H groups in total. The van der Waals surface area contributed by atoms with Gasteiger partial charge >= 0.3 is 0 Å². The Kier molecular flexibility index (Phi) is 7.84. The van der Waals surface area contributed by atoms with Crippen molar-refractivity contribution >= 4 is 16.9 Å². The Bertz CT molecular complexity index is 1220. The minimum atomic E-state index is 0.0929. The number of allylic oxidation sites excluding steroid dienone is 4. The van der Waals surface area contributed by atoms with Crippen LogP contribution in [-0.4, -0.2) is 31.6 Å². The van der Waals surface area contributed by atoms with E-state index in [4.69, 9.17) is 9.47 Å². The molecule has 1 fully saturated rings. The molecule has 2 heterocycles. The number of hydrogen-bond donors (Lipinski definition) is 1. The van der Waals surface area contributed by atoms with Crippen LogP contribution in [0.2, 0.25) is 0 Å². The van der Waals surface area contributed by atoms with Gasteiger partial charge < -0.3 is 14.8 Å². The van der Waals surface area contributed by atoms with E-state index in [-0.39, 0.29) is 11.9 Å². The van der Waals surface area contributed by atoms with Gasteiger partial charge in [0.1, 0.15) is 17.9 Å². The highest BCUT2D eigenvalue weighted by molar-refractivity contribution is 5.96. The Morgan fingerprint density at radius 2 is 1.89 bits per heavy atom. The van der Waals surface area contributed by atoms with Crippen LogP contribution in [0.5, 0.6) is 5.75 Å². The van der Waals surface area contributed by atoms with Crippen molar-refractivity contribution in [3.63, 3.8) is 0 Å². The topological polar surface area (TPSA) is 71.3 Å². The van der Waals surface area contributed by atoms with Crippen LogP contribution in [0.1, 0.15) is 67.1 Å². The van der Waals surface area contributed by atoms with Crippen molar-refractivity contribution in [2.24, 2.45) is 0 Å². The van der Waals surface area contributed by atoms with Gasteiger partial charge in [-0.25, -0.2) is 0 Å². The summed E-state index contributed by atoms with van der Waals surface area (Å²) in [7, 11) is 0. The highest BCUT2D eigenvalue weighted by atomic mass is 16.5. The first-order valence-electron chi connectivity index (χ1n) is 12.3. The number of nitriles is 1. The van der Waals surface area contributed by atoms with Crippen LogP contribution in [0.15, 0.2) is 65.9 Å². The second-order valence-electron chi connectivity index (χ2n) is 8.97. The van der Waals surface area contributed by atoms with Gasteiger partial charge in [0, 0.05) is 37.1 Å². The average Bonchev–Trinajstić information content (AvgIpc) is 2.90. The molecule has 2 aromatic carbocycles. The van der Waals surface area contributed by atoms with Crippen molar-refractivity contribution in [1.82, 2.24) is 5.32 Å². The fourth-order valence-corrected chi connectivity index (χ4v) is 4.47. The van der Waals surface area contributed by atoms with Gasteiger partial charge in [0.25, 0.3) is 0 Å². The van der Waals surface area contributed by atoms with Crippen molar-refractivity contribution < 1.29 is 14.3 Å². The van der Waals surface area contributed by atoms with Crippen LogP contribution in [0.3, 0.4) is 0 Å². The van der Waals surface area contributed by atoms with Gasteiger partial charge in [-0.15, -0.1) is 0 Å². The summed E-state index contributed by atoms with van der Waals surface area (Å²) in [5.41, 5.74) is 7.78. The van der Waals surface area contributed by atoms with Crippen molar-refractivity contribution in [2.45, 2.75) is 46.1 Å². The van der Waals surface area contributed by atoms with Gasteiger partial charge in [-0.1, -0.05) is 43.3 Å². The second-order valence-corrected chi connectivity index (χ2v) is 8.97. The Labute approximate surface area is 207 Å². The highest BCUT2D eigenvalue weighted by Crippen LogP contribution is 2.32. The van der Waals surface area contributed by atoms with E-state index in [1.807, 2.05) is 49.4 Å². The Morgan fingerprint density at radius 1 is 1.17 bits per heavy atom. The predicted molar refractivity (Wildman–Crippen MR) is 139 cm³/mol. The van der Waals surface area contributed by atoms with Gasteiger partial charge in [0.05, 0.1) is 18.8 Å². The van der Waals surface area contributed by atoms with Gasteiger partial charge in [0.2, 0.25) is 0 Å². The number of nitrogens with one attached hydrogen (secondary N) is 1. The summed E-state index contributed by atoms with van der Waals surface area (Å²) >= 11 is 0. The lowest BCUT2D eigenvalue weighted by Crippen LogP contribution is -2.26. The number of ether oxygens (including phenoxy) is 2. The number of carbonyl (C=O) groups is 1. The van der Waals surface area contributed by atoms with Crippen molar-refractivity contribution in [1.29, 1.82) is 5.26 Å². The third kappa shape index (κ3) is 5.72. The predicted octanol–water partition coefficient (Wildman–Crippen LogP) is 6.07. The van der Waals surface area contributed by atoms with Gasteiger partial charge in [-0.05, 0) is 59.9 Å². The first kappa shape index (κ1) is 24.5. The van der Waals surface area contributed by atoms with E-state index in [1.54, 1.807) is 0 Å². The van der Waals surface area contributed by atoms with Crippen LogP contribution < -0.4 is 10.1 Å². The zero-order valence-electron chi connectivity index (χ0n) is 20.7. The molecule has 0 aliphatic carbocycles. The minimum absolute atomic E-state index is 0.0929. The summed E-state index contributed by atoms with van der Waals surface area (Å²) in [5, 5.41) is 13.2. The number of hydrogen-bond acceptors (Lipinski definition) is 5. The molecule has 35 heavy (non-hydrogen) atoms. The van der Waals surface area contributed by atoms with E-state index in [2.05, 4.69) is 37.4 Å². The molecule has 0 radical (unpaired) electrons. The lowest BCUT2D eigenvalue weighted by Gasteiger charge is -2.24. The molecule has 0 unspecified atom stereocenters. The second kappa shape index (κ2) is 11.2. The van der Waals surface area contributed by atoms with Crippen molar-refractivity contribution in [3.8, 4) is 11.8 Å². The van der Waals surface area contributed by atoms with Crippen LogP contribution in [0.4, 0.5) is 0 Å². The molecule has 1 saturated heterocycles. The Balaban J connectivity index is 1.56. The maximum atomic E-state index is 11.9. The van der Waals surface area contributed by atoms with Crippen LogP contribution >= 0.6 is 0 Å². The van der Waals surface area contributed by atoms with Crippen LogP contribution in [0, 0.1) is 11.3 Å². The molecular formula is C30H32N2O3. The molecule has 5 heteroatoms. The zero-order chi connectivity index (χ0) is 24.8. The lowest BCUT2D eigenvalue weighted by molar-refractivity contribution is 0.0254. The highest BCUT2D eigenvalue weighted by Gasteiger charge is 2.19. The molecule has 2 aliphatic rings. The molecule has 0 aromatic heterocycles. The number of carbonyl (C=O) groups excluding carboxylic acids is 1. The molecule has 2 aliphatic heterocycles. The molecule has 4 rings (SSSR count). The minimum Gasteiger partial charge on any atom is -0.489 e. The van der Waals surface area contributed by atoms with Crippen molar-refractivity contribution in [3.05, 3.63) is 88.1 Å². The van der Waals surface area contributed by atoms with E-state index in [0.29, 0.717) is 37.5 Å². The Morgan fingerprint density at radius 3 is 2.57 bits per heavy atom. The third-order valence-corrected chi connectivity index (χ3v) is 6.62. The number of ketones is 1. The van der Waals surface area contributed by atoms with Crippen molar-refractivity contribution in [2.75, 3.05) is 19.8 Å². The van der Waals surface area contributed by atoms with E-state index in [1.165, 1.54) is 0 Å². The number of benzene rings is 2. The normalized spacial score (nSPS) is 16.9. The Hall–Kier alpha value is -3.62. The van der Waals surface area contributed by atoms with Gasteiger partial charge in [-0.3, -0.25) is 4.79 Å². The summed E-state index contributed by atoms with van der Waals surface area (Å²) in [6, 6.07) is 16.0. The first-order valence-corrected chi connectivity index (χ1v) is 12.3. The molecule has 0 bridgehead atoms. The summed E-state index contributed by atoms with van der Waals surface area (Å²) in [4.78, 5) is 11.9. The van der Waals surface area contributed by atoms with Gasteiger partial charge in [0.15, 0.2) is 5.78 Å². The summed E-state index contributed by atoms with van der Waals surface area (Å²) in [6.45, 7) is 8.16. The number of dihydropyridines is 1. The third-order valence-electron chi connectivity index (χ3n) is 6.62. The summed E-state index contributed by atoms with van der Waals surface area (Å²) in [6.07, 6.45) is 6.59. The van der Waals surface area contributed by atoms with E-state index < -0.39 is 0 Å². The van der Waals surface area contributed by atoms with E-state index in [9.17, 15) is 10.1 Å². The molecule has 0 atom stereocenters. The summed E-state index contributed by atoms with van der Waals surface area (Å²) < 4.78 is 11.5. The maximum absolute atomic E-state index is 11.9. The summed E-state index contributed by atoms with van der Waals surface area (Å²) in [5.74, 6) is 0.793. The van der Waals surface area contributed by atoms with Gasteiger partial charge in [-0.2, -0.15) is 5.26 Å². The molecule has 0 amide bonds. The number of Topliss-reactive ketones (excluding diaryl/α,β-unsaturated/α-hetero) is 1. The van der Waals surface area contributed by atoms with Crippen LogP contribution in [0.25, 0.3) is 11.1 Å². The maximum Gasteiger partial charge on any atom is 0.162 e. The molecule has 5 nitrogen and oxygen atoms in total. The monoisotopic (exact) mass is 468 g/mol. The number of rotatable bonds is 7. The quantitative estimate of drug-likeness (QED) is 0.499. The SMILES string of the molecule is CCC(=O)c1ccc(/C(C)=C/C2=C(C)C(c3ccc(OC4CCOCC4)c(C#N)c3)=CCN2)cc1. The first-order chi connectivity index (χ1) is 17.0. The molecule has 2 aromatic rings. The molecule has 180 valence electrons. The number of nitrogens with zero attached hydrogens (tertiary/aromatic N) is 1. The molecule has 0 spiro atoms. The van der Waals surface area contributed by atoms with E-state index in [0.717, 1.165) is 51.9 Å². The molecule has 0 saturated carbocycles. The molecular weight excluding hydrogens is 436 g/mol. The average molecular weight is 469 g/mol. The largest absolute Gasteiger partial charge is 0.489 e. The smallest absolute Gasteiger partial charge is 0.162 e. The fraction of sp³-hybridized carbons (Fsp3) is 0.333. The lowest BCUT2D eigenvalue weighted by atomic mass is 9.92. The standard InChI is InChI=1S/C30H32N2O3/c1-4-29(33)23-7-5-22(6-8-23)20(2)17-28-21(3)27(11-14-32-28)24-9-10-30(25(18-24)19-31)35-26-12-15-34-16-13-26/h5-11,17-18,26,32H,4,12-16H2,1-3H3/b20-17+. The fourth-order valence-electron chi connectivity index (χ4n) is 4.47. The van der Waals surface area contributed by atoms with Crippen LogP contribution in [-0.2, 0) is 4.74 Å². The zero-order valence-corrected chi connectivity index (χ0v) is 20.7.